The van der Waals surface area contributed by atoms with Crippen molar-refractivity contribution in [1.29, 1.82) is 0 Å². The fourth-order valence-corrected chi connectivity index (χ4v) is 5.29. The highest BCUT2D eigenvalue weighted by Gasteiger charge is 2.49. The second-order valence-corrected chi connectivity index (χ2v) is 8.36. The number of aromatic nitrogens is 2. The summed E-state index contributed by atoms with van der Waals surface area (Å²) in [6, 6.07) is 1.91. The molecule has 0 aromatic carbocycles. The number of nitrogens with zero attached hydrogens (tertiary/aromatic N) is 4. The zero-order valence-electron chi connectivity index (χ0n) is 16.0. The summed E-state index contributed by atoms with van der Waals surface area (Å²) in [7, 11) is 0. The number of amides is 1. The van der Waals surface area contributed by atoms with E-state index in [4.69, 9.17) is 5.11 Å². The van der Waals surface area contributed by atoms with Crippen LogP contribution in [0.2, 0.25) is 0 Å². The van der Waals surface area contributed by atoms with Gasteiger partial charge >= 0.3 is 5.97 Å². The Morgan fingerprint density at radius 1 is 1.11 bits per heavy atom. The summed E-state index contributed by atoms with van der Waals surface area (Å²) in [4.78, 5) is 29.0. The minimum atomic E-state index is -0.890. The van der Waals surface area contributed by atoms with Gasteiger partial charge in [0.2, 0.25) is 5.91 Å². The second kappa shape index (κ2) is 7.62. The lowest BCUT2D eigenvalue weighted by Crippen LogP contribution is -2.58. The molecule has 3 heterocycles. The maximum Gasteiger partial charge on any atom is 0.325 e. The normalized spacial score (nSPS) is 25.8. The Morgan fingerprint density at radius 3 is 2.56 bits per heavy atom. The molecule has 1 aromatic rings. The largest absolute Gasteiger partial charge is 0.480 e. The molecule has 1 amide bonds. The average Bonchev–Trinajstić information content (AvgIpc) is 3.41. The van der Waals surface area contributed by atoms with E-state index in [0.717, 1.165) is 63.9 Å². The van der Waals surface area contributed by atoms with E-state index in [1.54, 1.807) is 6.20 Å². The smallest absolute Gasteiger partial charge is 0.325 e. The number of hydrogen-bond donors (Lipinski definition) is 1. The molecule has 2 aliphatic heterocycles. The Kier molecular flexibility index (Phi) is 5.21. The minimum Gasteiger partial charge on any atom is -0.480 e. The van der Waals surface area contributed by atoms with E-state index in [0.29, 0.717) is 12.5 Å². The molecule has 0 radical (unpaired) electrons. The quantitative estimate of drug-likeness (QED) is 0.854. The highest BCUT2D eigenvalue weighted by atomic mass is 16.4. The first-order chi connectivity index (χ1) is 13.1. The highest BCUT2D eigenvalue weighted by molar-refractivity contribution is 5.87. The predicted octanol–water partition coefficient (Wildman–Crippen LogP) is 2.08. The van der Waals surface area contributed by atoms with Crippen molar-refractivity contribution in [2.75, 3.05) is 26.2 Å². The topological polar surface area (TPSA) is 78.7 Å². The first-order valence-corrected chi connectivity index (χ1v) is 10.4. The van der Waals surface area contributed by atoms with Crippen LogP contribution in [-0.2, 0) is 16.1 Å². The molecular formula is C20H30N4O3. The van der Waals surface area contributed by atoms with E-state index >= 15 is 0 Å². The van der Waals surface area contributed by atoms with Crippen molar-refractivity contribution in [3.05, 3.63) is 18.0 Å². The van der Waals surface area contributed by atoms with E-state index in [1.165, 1.54) is 17.5 Å². The number of hydrogen-bond acceptors (Lipinski definition) is 4. The third-order valence-electron chi connectivity index (χ3n) is 6.63. The standard InChI is InChI=1S/C20H30N4O3/c25-18(26)15-24-13-7-17(21-24)16-6-5-10-22(14-16)19(27)20(8-1-2-9-20)23-11-3-4-12-23/h7,13,16H,1-6,8-12,14-15H2,(H,25,26)/t16-/m0/s1. The zero-order valence-corrected chi connectivity index (χ0v) is 16.0. The van der Waals surface area contributed by atoms with Crippen LogP contribution in [0, 0.1) is 0 Å². The van der Waals surface area contributed by atoms with Crippen molar-refractivity contribution in [3.63, 3.8) is 0 Å². The highest BCUT2D eigenvalue weighted by Crippen LogP contribution is 2.40. The van der Waals surface area contributed by atoms with Gasteiger partial charge in [-0.05, 0) is 57.7 Å². The maximum absolute atomic E-state index is 13.6. The van der Waals surface area contributed by atoms with Crippen LogP contribution in [0.4, 0.5) is 0 Å². The van der Waals surface area contributed by atoms with Crippen LogP contribution in [0.5, 0.6) is 0 Å². The average molecular weight is 374 g/mol. The summed E-state index contributed by atoms with van der Waals surface area (Å²) in [5.74, 6) is -0.356. The van der Waals surface area contributed by atoms with Gasteiger partial charge in [-0.1, -0.05) is 12.8 Å². The molecular weight excluding hydrogens is 344 g/mol. The zero-order chi connectivity index (χ0) is 18.9. The predicted molar refractivity (Wildman–Crippen MR) is 100 cm³/mol. The summed E-state index contributed by atoms with van der Waals surface area (Å²) in [6.07, 6.45) is 10.4. The van der Waals surface area contributed by atoms with Crippen molar-refractivity contribution in [1.82, 2.24) is 19.6 Å². The van der Waals surface area contributed by atoms with Crippen molar-refractivity contribution in [2.45, 2.75) is 69.4 Å². The number of carbonyl (C=O) groups is 2. The van der Waals surface area contributed by atoms with Crippen LogP contribution in [0.15, 0.2) is 12.3 Å². The Labute approximate surface area is 160 Å². The van der Waals surface area contributed by atoms with Crippen LogP contribution in [-0.4, -0.2) is 68.3 Å². The molecule has 27 heavy (non-hydrogen) atoms. The van der Waals surface area contributed by atoms with Crippen molar-refractivity contribution in [2.24, 2.45) is 0 Å². The summed E-state index contributed by atoms with van der Waals surface area (Å²) in [5, 5.41) is 13.4. The maximum atomic E-state index is 13.6. The monoisotopic (exact) mass is 374 g/mol. The molecule has 0 unspecified atom stereocenters. The first kappa shape index (κ1) is 18.5. The number of rotatable bonds is 5. The van der Waals surface area contributed by atoms with Crippen LogP contribution in [0.1, 0.15) is 63.0 Å². The van der Waals surface area contributed by atoms with Crippen LogP contribution < -0.4 is 0 Å². The van der Waals surface area contributed by atoms with Crippen molar-refractivity contribution >= 4 is 11.9 Å². The molecule has 1 N–H and O–H groups in total. The molecule has 1 aliphatic carbocycles. The minimum absolute atomic E-state index is 0.118. The molecule has 4 rings (SSSR count). The summed E-state index contributed by atoms with van der Waals surface area (Å²) in [5.41, 5.74) is 0.650. The molecule has 7 nitrogen and oxygen atoms in total. The lowest BCUT2D eigenvalue weighted by Gasteiger charge is -2.43. The van der Waals surface area contributed by atoms with E-state index in [1.807, 2.05) is 6.07 Å². The van der Waals surface area contributed by atoms with E-state index in [9.17, 15) is 9.59 Å². The van der Waals surface area contributed by atoms with E-state index < -0.39 is 5.97 Å². The van der Waals surface area contributed by atoms with Crippen LogP contribution in [0.3, 0.4) is 0 Å². The summed E-state index contributed by atoms with van der Waals surface area (Å²) < 4.78 is 1.47. The molecule has 1 aromatic heterocycles. The van der Waals surface area contributed by atoms with Gasteiger partial charge in [-0.2, -0.15) is 5.10 Å². The Morgan fingerprint density at radius 2 is 1.85 bits per heavy atom. The fraction of sp³-hybridized carbons (Fsp3) is 0.750. The van der Waals surface area contributed by atoms with Gasteiger partial charge < -0.3 is 10.0 Å². The van der Waals surface area contributed by atoms with Crippen LogP contribution in [0.25, 0.3) is 0 Å². The molecule has 0 spiro atoms. The summed E-state index contributed by atoms with van der Waals surface area (Å²) in [6.45, 7) is 3.54. The van der Waals surface area contributed by atoms with Gasteiger partial charge in [-0.3, -0.25) is 19.2 Å². The first-order valence-electron chi connectivity index (χ1n) is 10.4. The Balaban J connectivity index is 1.47. The van der Waals surface area contributed by atoms with E-state index in [2.05, 4.69) is 14.9 Å². The van der Waals surface area contributed by atoms with Gasteiger partial charge in [-0.15, -0.1) is 0 Å². The Bertz CT molecular complexity index is 689. The summed E-state index contributed by atoms with van der Waals surface area (Å²) >= 11 is 0. The van der Waals surface area contributed by atoms with Crippen molar-refractivity contribution in [3.8, 4) is 0 Å². The number of carbonyl (C=O) groups excluding carboxylic acids is 1. The van der Waals surface area contributed by atoms with Gasteiger partial charge in [-0.25, -0.2) is 0 Å². The van der Waals surface area contributed by atoms with Crippen molar-refractivity contribution < 1.29 is 14.7 Å². The molecule has 1 atom stereocenters. The SMILES string of the molecule is O=C(O)Cn1ccc([C@H]2CCCN(C(=O)C3(N4CCCC4)CCCC3)C2)n1. The second-order valence-electron chi connectivity index (χ2n) is 8.36. The lowest BCUT2D eigenvalue weighted by molar-refractivity contribution is -0.145. The molecule has 1 saturated carbocycles. The molecule has 2 saturated heterocycles. The van der Waals surface area contributed by atoms with Crippen LogP contribution >= 0.6 is 0 Å². The molecule has 0 bridgehead atoms. The number of likely N-dealkylation sites (tertiary alicyclic amines) is 2. The van der Waals surface area contributed by atoms with Gasteiger partial charge in [0.1, 0.15) is 12.1 Å². The van der Waals surface area contributed by atoms with E-state index in [-0.39, 0.29) is 18.0 Å². The Hall–Kier alpha value is -1.89. The van der Waals surface area contributed by atoms with Gasteiger partial charge in [0, 0.05) is 25.2 Å². The third-order valence-corrected chi connectivity index (χ3v) is 6.63. The molecule has 7 heteroatoms. The fourth-order valence-electron chi connectivity index (χ4n) is 5.29. The number of aliphatic carboxylic acids is 1. The molecule has 3 fully saturated rings. The number of piperidine rings is 1. The molecule has 148 valence electrons. The van der Waals surface area contributed by atoms with Gasteiger partial charge in [0.05, 0.1) is 5.69 Å². The van der Waals surface area contributed by atoms with Gasteiger partial charge in [0.15, 0.2) is 0 Å². The third kappa shape index (κ3) is 3.61. The van der Waals surface area contributed by atoms with Gasteiger partial charge in [0.25, 0.3) is 0 Å². The number of carboxylic acid groups (broad SMARTS) is 1. The lowest BCUT2D eigenvalue weighted by atomic mass is 9.89. The molecule has 3 aliphatic rings. The number of carboxylic acids is 1.